The van der Waals surface area contributed by atoms with Crippen LogP contribution in [0.25, 0.3) is 0 Å². The van der Waals surface area contributed by atoms with E-state index >= 15 is 0 Å². The van der Waals surface area contributed by atoms with Gasteiger partial charge >= 0.3 is 5.97 Å². The molecular weight excluding hydrogens is 222 g/mol. The zero-order chi connectivity index (χ0) is 12.6. The Kier molecular flexibility index (Phi) is 2.69. The van der Waals surface area contributed by atoms with Crippen molar-refractivity contribution in [3.05, 3.63) is 23.7 Å². The molecule has 2 N–H and O–H groups in total. The van der Waals surface area contributed by atoms with Gasteiger partial charge in [0.1, 0.15) is 0 Å². The lowest BCUT2D eigenvalue weighted by molar-refractivity contribution is 0.0659. The minimum Gasteiger partial charge on any atom is -0.475 e. The quantitative estimate of drug-likeness (QED) is 0.838. The third-order valence-corrected chi connectivity index (χ3v) is 3.07. The summed E-state index contributed by atoms with van der Waals surface area (Å²) in [5, 5.41) is 11.5. The average molecular weight is 237 g/mol. The van der Waals surface area contributed by atoms with E-state index in [1.165, 1.54) is 12.1 Å². The van der Waals surface area contributed by atoms with Crippen LogP contribution in [0.15, 0.2) is 16.5 Å². The predicted octanol–water partition coefficient (Wildman–Crippen LogP) is 1.90. The summed E-state index contributed by atoms with van der Waals surface area (Å²) in [5.41, 5.74) is -0.271. The first-order valence-electron chi connectivity index (χ1n) is 5.56. The summed E-state index contributed by atoms with van der Waals surface area (Å²) in [6.45, 7) is 3.92. The summed E-state index contributed by atoms with van der Waals surface area (Å²) >= 11 is 0. The van der Waals surface area contributed by atoms with Gasteiger partial charge < -0.3 is 14.8 Å². The second-order valence-corrected chi connectivity index (χ2v) is 4.92. The number of carbonyl (C=O) groups excluding carboxylic acids is 1. The normalized spacial score (nSPS) is 15.6. The Morgan fingerprint density at radius 1 is 1.35 bits per heavy atom. The molecule has 92 valence electrons. The van der Waals surface area contributed by atoms with E-state index in [2.05, 4.69) is 5.32 Å². The van der Waals surface area contributed by atoms with Crippen LogP contribution in [0.3, 0.4) is 0 Å². The molecule has 2 rings (SSSR count). The minimum atomic E-state index is -1.18. The molecule has 1 aromatic heterocycles. The van der Waals surface area contributed by atoms with E-state index in [-0.39, 0.29) is 23.0 Å². The minimum absolute atomic E-state index is 0.0381. The van der Waals surface area contributed by atoms with Crippen LogP contribution in [-0.2, 0) is 0 Å². The summed E-state index contributed by atoms with van der Waals surface area (Å²) < 4.78 is 4.94. The molecule has 1 aromatic rings. The molecule has 1 aliphatic rings. The number of carboxylic acid groups (broad SMARTS) is 1. The largest absolute Gasteiger partial charge is 0.475 e. The SMILES string of the molecule is CC(C)(NC(=O)c1ccc(C(=O)O)o1)C1CC1. The fourth-order valence-electron chi connectivity index (χ4n) is 1.84. The second-order valence-electron chi connectivity index (χ2n) is 4.92. The maximum absolute atomic E-state index is 11.8. The van der Waals surface area contributed by atoms with Gasteiger partial charge in [0.05, 0.1) is 0 Å². The highest BCUT2D eigenvalue weighted by Crippen LogP contribution is 2.39. The zero-order valence-corrected chi connectivity index (χ0v) is 9.82. The summed E-state index contributed by atoms with van der Waals surface area (Å²) in [7, 11) is 0. The molecule has 5 nitrogen and oxygen atoms in total. The van der Waals surface area contributed by atoms with E-state index in [1.54, 1.807) is 0 Å². The summed E-state index contributed by atoms with van der Waals surface area (Å²) in [4.78, 5) is 22.4. The highest BCUT2D eigenvalue weighted by Gasteiger charge is 2.39. The number of rotatable bonds is 4. The van der Waals surface area contributed by atoms with Gasteiger partial charge in [-0.3, -0.25) is 4.79 Å². The number of carboxylic acids is 1. The summed E-state index contributed by atoms with van der Waals surface area (Å²) in [6, 6.07) is 2.66. The van der Waals surface area contributed by atoms with Gasteiger partial charge in [0.25, 0.3) is 5.91 Å². The standard InChI is InChI=1S/C12H15NO4/c1-12(2,7-3-4-7)13-10(14)8-5-6-9(17-8)11(15)16/h5-7H,3-4H2,1-2H3,(H,13,14)(H,15,16). The molecule has 0 radical (unpaired) electrons. The molecule has 0 atom stereocenters. The number of hydrogen-bond donors (Lipinski definition) is 2. The number of amides is 1. The van der Waals surface area contributed by atoms with Crippen LogP contribution in [-0.4, -0.2) is 22.5 Å². The first kappa shape index (κ1) is 11.7. The van der Waals surface area contributed by atoms with E-state index in [4.69, 9.17) is 9.52 Å². The Morgan fingerprint density at radius 3 is 2.41 bits per heavy atom. The molecular formula is C12H15NO4. The van der Waals surface area contributed by atoms with Gasteiger partial charge in [-0.15, -0.1) is 0 Å². The van der Waals surface area contributed by atoms with Crippen LogP contribution in [0, 0.1) is 5.92 Å². The molecule has 0 spiro atoms. The molecule has 1 saturated carbocycles. The first-order valence-corrected chi connectivity index (χ1v) is 5.56. The van der Waals surface area contributed by atoms with Crippen molar-refractivity contribution in [3.63, 3.8) is 0 Å². The monoisotopic (exact) mass is 237 g/mol. The maximum Gasteiger partial charge on any atom is 0.371 e. The molecule has 1 heterocycles. The van der Waals surface area contributed by atoms with E-state index in [9.17, 15) is 9.59 Å². The lowest BCUT2D eigenvalue weighted by Crippen LogP contribution is -2.45. The maximum atomic E-state index is 11.8. The van der Waals surface area contributed by atoms with Gasteiger partial charge in [0, 0.05) is 5.54 Å². The molecule has 0 aliphatic heterocycles. The Morgan fingerprint density at radius 2 is 1.94 bits per heavy atom. The van der Waals surface area contributed by atoms with Gasteiger partial charge in [-0.25, -0.2) is 4.79 Å². The van der Waals surface area contributed by atoms with Crippen LogP contribution in [0.2, 0.25) is 0 Å². The van der Waals surface area contributed by atoms with Gasteiger partial charge in [-0.05, 0) is 44.7 Å². The van der Waals surface area contributed by atoms with Gasteiger partial charge in [0.15, 0.2) is 5.76 Å². The topological polar surface area (TPSA) is 79.5 Å². The number of carbonyl (C=O) groups is 2. The number of furan rings is 1. The van der Waals surface area contributed by atoms with Crippen LogP contribution in [0.5, 0.6) is 0 Å². The second kappa shape index (κ2) is 3.91. The predicted molar refractivity (Wildman–Crippen MR) is 59.9 cm³/mol. The Labute approximate surface area is 98.8 Å². The van der Waals surface area contributed by atoms with Gasteiger partial charge in [-0.1, -0.05) is 0 Å². The fraction of sp³-hybridized carbons (Fsp3) is 0.500. The zero-order valence-electron chi connectivity index (χ0n) is 9.82. The van der Waals surface area contributed by atoms with Crippen LogP contribution in [0.4, 0.5) is 0 Å². The van der Waals surface area contributed by atoms with Crippen molar-refractivity contribution in [2.45, 2.75) is 32.2 Å². The van der Waals surface area contributed by atoms with Crippen molar-refractivity contribution in [1.82, 2.24) is 5.32 Å². The third kappa shape index (κ3) is 2.49. The van der Waals surface area contributed by atoms with Gasteiger partial charge in [-0.2, -0.15) is 0 Å². The fourth-order valence-corrected chi connectivity index (χ4v) is 1.84. The third-order valence-electron chi connectivity index (χ3n) is 3.07. The summed E-state index contributed by atoms with van der Waals surface area (Å²) in [6.07, 6.45) is 2.23. The molecule has 1 aliphatic carbocycles. The first-order chi connectivity index (χ1) is 7.90. The molecule has 1 fully saturated rings. The molecule has 0 bridgehead atoms. The molecule has 17 heavy (non-hydrogen) atoms. The lowest BCUT2D eigenvalue weighted by atomic mass is 9.99. The van der Waals surface area contributed by atoms with E-state index in [1.807, 2.05) is 13.8 Å². The van der Waals surface area contributed by atoms with E-state index in [0.717, 1.165) is 12.8 Å². The molecule has 0 aromatic carbocycles. The average Bonchev–Trinajstić information content (AvgIpc) is 2.95. The van der Waals surface area contributed by atoms with E-state index < -0.39 is 5.97 Å². The van der Waals surface area contributed by atoms with Gasteiger partial charge in [0.2, 0.25) is 5.76 Å². The highest BCUT2D eigenvalue weighted by atomic mass is 16.4. The highest BCUT2D eigenvalue weighted by molar-refractivity contribution is 5.93. The van der Waals surface area contributed by atoms with Crippen LogP contribution in [0.1, 0.15) is 47.8 Å². The van der Waals surface area contributed by atoms with Crippen molar-refractivity contribution in [2.24, 2.45) is 5.92 Å². The van der Waals surface area contributed by atoms with E-state index in [0.29, 0.717) is 5.92 Å². The van der Waals surface area contributed by atoms with Crippen LogP contribution < -0.4 is 5.32 Å². The number of aromatic carboxylic acids is 1. The lowest BCUT2D eigenvalue weighted by Gasteiger charge is -2.25. The van der Waals surface area contributed by atoms with Crippen molar-refractivity contribution in [3.8, 4) is 0 Å². The Bertz CT molecular complexity index is 457. The van der Waals surface area contributed by atoms with Crippen molar-refractivity contribution < 1.29 is 19.1 Å². The van der Waals surface area contributed by atoms with Crippen LogP contribution >= 0.6 is 0 Å². The molecule has 0 unspecified atom stereocenters. The number of nitrogens with one attached hydrogen (secondary N) is 1. The summed E-state index contributed by atoms with van der Waals surface area (Å²) in [5.74, 6) is -1.23. The molecule has 0 saturated heterocycles. The van der Waals surface area contributed by atoms with Crippen molar-refractivity contribution in [2.75, 3.05) is 0 Å². The van der Waals surface area contributed by atoms with Crippen molar-refractivity contribution in [1.29, 1.82) is 0 Å². The Hall–Kier alpha value is -1.78. The smallest absolute Gasteiger partial charge is 0.371 e. The number of hydrogen-bond acceptors (Lipinski definition) is 3. The van der Waals surface area contributed by atoms with Crippen molar-refractivity contribution >= 4 is 11.9 Å². The Balaban J connectivity index is 2.06. The molecule has 1 amide bonds. The molecule has 5 heteroatoms.